The van der Waals surface area contributed by atoms with Crippen LogP contribution in [-0.2, 0) is 23.9 Å². The van der Waals surface area contributed by atoms with Crippen molar-refractivity contribution in [2.45, 2.75) is 17.7 Å². The quantitative estimate of drug-likeness (QED) is 0.616. The first-order chi connectivity index (χ1) is 8.25. The van der Waals surface area contributed by atoms with E-state index in [4.69, 9.17) is 0 Å². The van der Waals surface area contributed by atoms with Crippen LogP contribution in [0.3, 0.4) is 0 Å². The Balaban J connectivity index is 2.15. The van der Waals surface area contributed by atoms with Crippen molar-refractivity contribution in [1.29, 1.82) is 0 Å². The lowest BCUT2D eigenvalue weighted by Crippen LogP contribution is -2.10. The van der Waals surface area contributed by atoms with Crippen molar-refractivity contribution < 1.29 is 8.76 Å². The lowest BCUT2D eigenvalue weighted by Gasteiger charge is -2.22. The van der Waals surface area contributed by atoms with Gasteiger partial charge in [0.05, 0.1) is 0 Å². The molecule has 0 amide bonds. The third kappa shape index (κ3) is 1.81. The molecule has 0 aromatic heterocycles. The Hall–Kier alpha value is -1.45. The van der Waals surface area contributed by atoms with Gasteiger partial charge in [-0.2, -0.15) is 0 Å². The average Bonchev–Trinajstić information content (AvgIpc) is 2.35. The summed E-state index contributed by atoms with van der Waals surface area (Å²) >= 11 is -2.15. The summed E-state index contributed by atoms with van der Waals surface area (Å²) in [6.45, 7) is 0. The second-order valence-electron chi connectivity index (χ2n) is 4.25. The van der Waals surface area contributed by atoms with Gasteiger partial charge in [0.15, 0.2) is 0 Å². The second-order valence-corrected chi connectivity index (χ2v) is 5.16. The van der Waals surface area contributed by atoms with Gasteiger partial charge in [0.2, 0.25) is 0 Å². The third-order valence-corrected chi connectivity index (χ3v) is 4.02. The SMILES string of the molecule is O=S([O-])c1cccc2c1Cc1ccccc1C2. The number of hydrogen-bond donors (Lipinski definition) is 0. The Morgan fingerprint density at radius 1 is 0.882 bits per heavy atom. The van der Waals surface area contributed by atoms with Crippen molar-refractivity contribution in [2.24, 2.45) is 0 Å². The van der Waals surface area contributed by atoms with Crippen molar-refractivity contribution in [2.75, 3.05) is 0 Å². The molecule has 1 aliphatic rings. The summed E-state index contributed by atoms with van der Waals surface area (Å²) < 4.78 is 22.4. The maximum Gasteiger partial charge on any atom is 0.0287 e. The van der Waals surface area contributed by atoms with Crippen LogP contribution in [0.15, 0.2) is 47.4 Å². The normalized spacial score (nSPS) is 14.9. The minimum absolute atomic E-state index is 0.442. The third-order valence-electron chi connectivity index (χ3n) is 3.28. The van der Waals surface area contributed by atoms with Gasteiger partial charge in [0.1, 0.15) is 0 Å². The van der Waals surface area contributed by atoms with Gasteiger partial charge in [0.25, 0.3) is 0 Å². The smallest absolute Gasteiger partial charge is 0.0287 e. The van der Waals surface area contributed by atoms with Crippen molar-refractivity contribution in [3.8, 4) is 0 Å². The predicted octanol–water partition coefficient (Wildman–Crippen LogP) is 2.42. The fourth-order valence-corrected chi connectivity index (χ4v) is 3.03. The summed E-state index contributed by atoms with van der Waals surface area (Å²) in [5, 5.41) is 0. The fraction of sp³-hybridized carbons (Fsp3) is 0.143. The summed E-state index contributed by atoms with van der Waals surface area (Å²) in [7, 11) is 0. The summed E-state index contributed by atoms with van der Waals surface area (Å²) in [6.07, 6.45) is 1.55. The van der Waals surface area contributed by atoms with Gasteiger partial charge in [-0.3, -0.25) is 4.21 Å². The predicted molar refractivity (Wildman–Crippen MR) is 65.7 cm³/mol. The Labute approximate surface area is 103 Å². The molecule has 0 saturated carbocycles. The molecule has 1 aliphatic carbocycles. The zero-order chi connectivity index (χ0) is 11.8. The van der Waals surface area contributed by atoms with E-state index < -0.39 is 11.1 Å². The van der Waals surface area contributed by atoms with Gasteiger partial charge in [-0.05, 0) is 52.2 Å². The fourth-order valence-electron chi connectivity index (χ4n) is 2.43. The van der Waals surface area contributed by atoms with Crippen LogP contribution in [0, 0.1) is 0 Å². The number of hydrogen-bond acceptors (Lipinski definition) is 2. The van der Waals surface area contributed by atoms with Crippen LogP contribution in [0.5, 0.6) is 0 Å². The summed E-state index contributed by atoms with van der Waals surface area (Å²) in [5.41, 5.74) is 4.62. The molecule has 0 heterocycles. The first-order valence-electron chi connectivity index (χ1n) is 5.52. The van der Waals surface area contributed by atoms with Gasteiger partial charge < -0.3 is 4.55 Å². The molecule has 2 aromatic carbocycles. The van der Waals surface area contributed by atoms with Crippen LogP contribution >= 0.6 is 0 Å². The molecular formula is C14H11O2S-. The Morgan fingerprint density at radius 2 is 1.53 bits per heavy atom. The molecule has 3 rings (SSSR count). The van der Waals surface area contributed by atoms with Crippen molar-refractivity contribution >= 4 is 11.1 Å². The first kappa shape index (κ1) is 10.7. The Kier molecular flexibility index (Phi) is 2.57. The highest BCUT2D eigenvalue weighted by Gasteiger charge is 2.17. The maximum atomic E-state index is 11.2. The van der Waals surface area contributed by atoms with E-state index in [1.54, 1.807) is 6.07 Å². The van der Waals surface area contributed by atoms with E-state index in [-0.39, 0.29) is 0 Å². The topological polar surface area (TPSA) is 40.1 Å². The first-order valence-corrected chi connectivity index (χ1v) is 6.60. The molecule has 2 nitrogen and oxygen atoms in total. The van der Waals surface area contributed by atoms with Crippen molar-refractivity contribution in [3.63, 3.8) is 0 Å². The van der Waals surface area contributed by atoms with E-state index in [1.165, 1.54) is 11.1 Å². The molecule has 0 bridgehead atoms. The molecule has 0 fully saturated rings. The summed E-state index contributed by atoms with van der Waals surface area (Å²) in [6, 6.07) is 13.7. The summed E-state index contributed by atoms with van der Waals surface area (Å²) in [4.78, 5) is 0.442. The van der Waals surface area contributed by atoms with Gasteiger partial charge in [-0.1, -0.05) is 36.4 Å². The van der Waals surface area contributed by atoms with E-state index in [0.29, 0.717) is 4.90 Å². The number of rotatable bonds is 1. The molecule has 17 heavy (non-hydrogen) atoms. The minimum Gasteiger partial charge on any atom is -0.768 e. The van der Waals surface area contributed by atoms with Crippen LogP contribution in [0.4, 0.5) is 0 Å². The zero-order valence-electron chi connectivity index (χ0n) is 9.18. The van der Waals surface area contributed by atoms with Crippen LogP contribution in [0.1, 0.15) is 22.3 Å². The van der Waals surface area contributed by atoms with Gasteiger partial charge in [-0.25, -0.2) is 0 Å². The molecule has 0 saturated heterocycles. The standard InChI is InChI=1S/C14H12O2S/c15-17(16)14-7-3-6-12-8-10-4-1-2-5-11(10)9-13(12)14/h1-7H,8-9H2,(H,15,16)/p-1. The van der Waals surface area contributed by atoms with E-state index >= 15 is 0 Å². The van der Waals surface area contributed by atoms with Crippen molar-refractivity contribution in [1.82, 2.24) is 0 Å². The van der Waals surface area contributed by atoms with Gasteiger partial charge in [-0.15, -0.1) is 0 Å². The van der Waals surface area contributed by atoms with E-state index in [0.717, 1.165) is 24.0 Å². The van der Waals surface area contributed by atoms with E-state index in [9.17, 15) is 8.76 Å². The maximum absolute atomic E-state index is 11.2. The Morgan fingerprint density at radius 3 is 2.24 bits per heavy atom. The molecule has 0 N–H and O–H groups in total. The average molecular weight is 243 g/mol. The van der Waals surface area contributed by atoms with Crippen LogP contribution < -0.4 is 0 Å². The molecule has 86 valence electrons. The van der Waals surface area contributed by atoms with Crippen molar-refractivity contribution in [3.05, 3.63) is 64.7 Å². The van der Waals surface area contributed by atoms with Gasteiger partial charge in [0, 0.05) is 4.90 Å². The molecule has 1 unspecified atom stereocenters. The van der Waals surface area contributed by atoms with Crippen LogP contribution in [-0.4, -0.2) is 8.76 Å². The minimum atomic E-state index is -2.15. The monoisotopic (exact) mass is 243 g/mol. The van der Waals surface area contributed by atoms with Crippen LogP contribution in [0.25, 0.3) is 0 Å². The molecule has 0 radical (unpaired) electrons. The molecule has 1 atom stereocenters. The summed E-state index contributed by atoms with van der Waals surface area (Å²) in [5.74, 6) is 0. The molecule has 0 aliphatic heterocycles. The molecule has 0 spiro atoms. The molecular weight excluding hydrogens is 232 g/mol. The second kappa shape index (κ2) is 4.09. The highest BCUT2D eigenvalue weighted by molar-refractivity contribution is 7.79. The highest BCUT2D eigenvalue weighted by Crippen LogP contribution is 2.30. The number of benzene rings is 2. The lowest BCUT2D eigenvalue weighted by molar-refractivity contribution is 0.536. The Bertz CT molecular complexity index is 605. The number of fused-ring (bicyclic) bond motifs is 2. The lowest BCUT2D eigenvalue weighted by atomic mass is 9.86. The van der Waals surface area contributed by atoms with Gasteiger partial charge >= 0.3 is 0 Å². The van der Waals surface area contributed by atoms with E-state index in [2.05, 4.69) is 12.1 Å². The van der Waals surface area contributed by atoms with E-state index in [1.807, 2.05) is 24.3 Å². The molecule has 3 heteroatoms. The molecule has 2 aromatic rings. The zero-order valence-corrected chi connectivity index (χ0v) is 10.00. The highest BCUT2D eigenvalue weighted by atomic mass is 32.2. The van der Waals surface area contributed by atoms with Crippen LogP contribution in [0.2, 0.25) is 0 Å². The largest absolute Gasteiger partial charge is 0.768 e.